The van der Waals surface area contributed by atoms with Crippen LogP contribution in [0.4, 0.5) is 0 Å². The zero-order chi connectivity index (χ0) is 11.3. The van der Waals surface area contributed by atoms with Gasteiger partial charge in [0.15, 0.2) is 0 Å². The Bertz CT molecular complexity index is 596. The van der Waals surface area contributed by atoms with Crippen LogP contribution in [0.15, 0.2) is 30.3 Å². The third kappa shape index (κ3) is 1.05. The molecule has 0 aliphatic heterocycles. The summed E-state index contributed by atoms with van der Waals surface area (Å²) in [5, 5.41) is 9.05. The number of carboxylic acids is 1. The Kier molecular flexibility index (Phi) is 1.72. The van der Waals surface area contributed by atoms with Crippen molar-refractivity contribution in [3.05, 3.63) is 47.2 Å². The molecule has 80 valence electrons. The van der Waals surface area contributed by atoms with Gasteiger partial charge in [-0.25, -0.2) is 4.79 Å². The molecule has 3 heteroatoms. The highest BCUT2D eigenvalue weighted by molar-refractivity contribution is 5.89. The molecule has 0 atom stereocenters. The van der Waals surface area contributed by atoms with Crippen LogP contribution < -0.4 is 0 Å². The van der Waals surface area contributed by atoms with Gasteiger partial charge in [0.25, 0.3) is 0 Å². The molecule has 1 aliphatic rings. The van der Waals surface area contributed by atoms with E-state index in [0.29, 0.717) is 5.69 Å². The molecular formula is C13H11NO2. The van der Waals surface area contributed by atoms with Crippen LogP contribution in [0.1, 0.15) is 21.6 Å². The molecule has 1 N–H and O–H groups in total. The molecule has 0 saturated heterocycles. The topological polar surface area (TPSA) is 42.2 Å². The zero-order valence-electron chi connectivity index (χ0n) is 8.90. The number of aromatic carboxylic acids is 1. The van der Waals surface area contributed by atoms with Gasteiger partial charge in [0.2, 0.25) is 0 Å². The van der Waals surface area contributed by atoms with Gasteiger partial charge in [0.05, 0.1) is 5.69 Å². The molecule has 0 saturated carbocycles. The maximum Gasteiger partial charge on any atom is 0.352 e. The number of fused-ring (bicyclic) bond motifs is 3. The van der Waals surface area contributed by atoms with Crippen molar-refractivity contribution in [1.29, 1.82) is 0 Å². The summed E-state index contributed by atoms with van der Waals surface area (Å²) in [6.07, 6.45) is 0.840. The van der Waals surface area contributed by atoms with Crippen molar-refractivity contribution in [2.24, 2.45) is 7.05 Å². The van der Waals surface area contributed by atoms with E-state index >= 15 is 0 Å². The highest BCUT2D eigenvalue weighted by Gasteiger charge is 2.25. The number of carboxylic acid groups (broad SMARTS) is 1. The number of hydrogen-bond acceptors (Lipinski definition) is 1. The Hall–Kier alpha value is -2.03. The Morgan fingerprint density at radius 1 is 1.31 bits per heavy atom. The normalized spacial score (nSPS) is 12.3. The molecule has 0 spiro atoms. The third-order valence-corrected chi connectivity index (χ3v) is 3.18. The van der Waals surface area contributed by atoms with E-state index in [1.807, 2.05) is 25.2 Å². The molecule has 0 fully saturated rings. The monoisotopic (exact) mass is 213 g/mol. The predicted molar refractivity (Wildman–Crippen MR) is 60.6 cm³/mol. The maximum atomic E-state index is 11.0. The second kappa shape index (κ2) is 2.98. The van der Waals surface area contributed by atoms with Crippen molar-refractivity contribution in [3.8, 4) is 11.3 Å². The lowest BCUT2D eigenvalue weighted by Crippen LogP contribution is -2.05. The van der Waals surface area contributed by atoms with Crippen molar-refractivity contribution in [2.75, 3.05) is 0 Å². The SMILES string of the molecule is Cn1c(C(=O)O)cc2c1-c1ccccc1C2. The van der Waals surface area contributed by atoms with Crippen molar-refractivity contribution in [3.63, 3.8) is 0 Å². The highest BCUT2D eigenvalue weighted by Crippen LogP contribution is 2.37. The van der Waals surface area contributed by atoms with E-state index in [0.717, 1.165) is 23.2 Å². The first kappa shape index (κ1) is 9.21. The van der Waals surface area contributed by atoms with E-state index < -0.39 is 5.97 Å². The summed E-state index contributed by atoms with van der Waals surface area (Å²) >= 11 is 0. The first-order valence-corrected chi connectivity index (χ1v) is 5.18. The summed E-state index contributed by atoms with van der Waals surface area (Å²) in [6, 6.07) is 9.92. The van der Waals surface area contributed by atoms with Crippen molar-refractivity contribution < 1.29 is 9.90 Å². The zero-order valence-corrected chi connectivity index (χ0v) is 8.90. The maximum absolute atomic E-state index is 11.0. The Morgan fingerprint density at radius 3 is 2.81 bits per heavy atom. The lowest BCUT2D eigenvalue weighted by atomic mass is 10.1. The first-order valence-electron chi connectivity index (χ1n) is 5.18. The molecule has 0 bridgehead atoms. The summed E-state index contributed by atoms with van der Waals surface area (Å²) in [4.78, 5) is 11.0. The van der Waals surface area contributed by atoms with Gasteiger partial charge in [0.1, 0.15) is 5.69 Å². The minimum atomic E-state index is -0.866. The van der Waals surface area contributed by atoms with Gasteiger partial charge in [-0.15, -0.1) is 0 Å². The average molecular weight is 213 g/mol. The standard InChI is InChI=1S/C13H11NO2/c1-14-11(13(15)16)7-9-6-8-4-2-3-5-10(8)12(9)14/h2-5,7H,6H2,1H3,(H,15,16). The van der Waals surface area contributed by atoms with E-state index in [-0.39, 0.29) is 0 Å². The van der Waals surface area contributed by atoms with Crippen LogP contribution in [-0.4, -0.2) is 15.6 Å². The van der Waals surface area contributed by atoms with Gasteiger partial charge in [-0.1, -0.05) is 24.3 Å². The molecule has 1 aromatic heterocycles. The van der Waals surface area contributed by atoms with Gasteiger partial charge in [0, 0.05) is 19.0 Å². The second-order valence-electron chi connectivity index (χ2n) is 4.10. The molecule has 0 radical (unpaired) electrons. The van der Waals surface area contributed by atoms with Crippen LogP contribution in [0.2, 0.25) is 0 Å². The summed E-state index contributed by atoms with van der Waals surface area (Å²) in [5.41, 5.74) is 4.96. The van der Waals surface area contributed by atoms with Crippen molar-refractivity contribution >= 4 is 5.97 Å². The fourth-order valence-electron chi connectivity index (χ4n) is 2.47. The van der Waals surface area contributed by atoms with E-state index in [1.54, 1.807) is 10.6 Å². The van der Waals surface area contributed by atoms with E-state index in [9.17, 15) is 4.79 Å². The van der Waals surface area contributed by atoms with Crippen LogP contribution in [0, 0.1) is 0 Å². The van der Waals surface area contributed by atoms with Gasteiger partial charge in [-0.2, -0.15) is 0 Å². The lowest BCUT2D eigenvalue weighted by molar-refractivity contribution is 0.0686. The molecule has 16 heavy (non-hydrogen) atoms. The molecule has 1 heterocycles. The average Bonchev–Trinajstić information content (AvgIpc) is 2.75. The quantitative estimate of drug-likeness (QED) is 0.674. The minimum absolute atomic E-state index is 0.361. The van der Waals surface area contributed by atoms with Crippen LogP contribution >= 0.6 is 0 Å². The molecule has 2 aromatic rings. The largest absolute Gasteiger partial charge is 0.477 e. The lowest BCUT2D eigenvalue weighted by Gasteiger charge is -2.05. The molecular weight excluding hydrogens is 202 g/mol. The minimum Gasteiger partial charge on any atom is -0.477 e. The summed E-state index contributed by atoms with van der Waals surface area (Å²) in [6.45, 7) is 0. The molecule has 3 rings (SSSR count). The van der Waals surface area contributed by atoms with Crippen LogP contribution in [0.25, 0.3) is 11.3 Å². The van der Waals surface area contributed by atoms with Crippen molar-refractivity contribution in [1.82, 2.24) is 4.57 Å². The molecule has 3 nitrogen and oxygen atoms in total. The number of rotatable bonds is 1. The summed E-state index contributed by atoms with van der Waals surface area (Å²) < 4.78 is 1.77. The number of aromatic nitrogens is 1. The van der Waals surface area contributed by atoms with Gasteiger partial charge >= 0.3 is 5.97 Å². The van der Waals surface area contributed by atoms with E-state index in [2.05, 4.69) is 6.07 Å². The smallest absolute Gasteiger partial charge is 0.352 e. The second-order valence-corrected chi connectivity index (χ2v) is 4.10. The number of carbonyl (C=O) groups is 1. The Labute approximate surface area is 93.0 Å². The summed E-state index contributed by atoms with van der Waals surface area (Å²) in [5.74, 6) is -0.866. The number of nitrogens with zero attached hydrogens (tertiary/aromatic N) is 1. The van der Waals surface area contributed by atoms with Gasteiger partial charge in [-0.3, -0.25) is 0 Å². The van der Waals surface area contributed by atoms with Crippen LogP contribution in [-0.2, 0) is 13.5 Å². The summed E-state index contributed by atoms with van der Waals surface area (Å²) in [7, 11) is 1.81. The molecule has 1 aromatic carbocycles. The molecule has 1 aliphatic carbocycles. The highest BCUT2D eigenvalue weighted by atomic mass is 16.4. The van der Waals surface area contributed by atoms with E-state index in [4.69, 9.17) is 5.11 Å². The first-order chi connectivity index (χ1) is 7.68. The fourth-order valence-corrected chi connectivity index (χ4v) is 2.47. The fraction of sp³-hybridized carbons (Fsp3) is 0.154. The number of benzene rings is 1. The van der Waals surface area contributed by atoms with Gasteiger partial charge < -0.3 is 9.67 Å². The third-order valence-electron chi connectivity index (χ3n) is 3.18. The van der Waals surface area contributed by atoms with E-state index in [1.165, 1.54) is 5.56 Å². The Morgan fingerprint density at radius 2 is 2.06 bits per heavy atom. The van der Waals surface area contributed by atoms with Crippen molar-refractivity contribution in [2.45, 2.75) is 6.42 Å². The molecule has 0 unspecified atom stereocenters. The predicted octanol–water partition coefficient (Wildman–Crippen LogP) is 2.29. The van der Waals surface area contributed by atoms with Crippen LogP contribution in [0.3, 0.4) is 0 Å². The Balaban J connectivity index is 2.27. The molecule has 0 amide bonds. The van der Waals surface area contributed by atoms with Gasteiger partial charge in [-0.05, 0) is 17.2 Å². The number of hydrogen-bond donors (Lipinski definition) is 1. The van der Waals surface area contributed by atoms with Crippen LogP contribution in [0.5, 0.6) is 0 Å².